The van der Waals surface area contributed by atoms with E-state index in [-0.39, 0.29) is 17.9 Å². The lowest BCUT2D eigenvalue weighted by Crippen LogP contribution is -2.48. The van der Waals surface area contributed by atoms with Gasteiger partial charge in [0, 0.05) is 25.8 Å². The van der Waals surface area contributed by atoms with E-state index >= 15 is 0 Å². The van der Waals surface area contributed by atoms with Crippen LogP contribution in [0.25, 0.3) is 0 Å². The maximum Gasteiger partial charge on any atom is 0.225 e. The van der Waals surface area contributed by atoms with Crippen LogP contribution in [-0.2, 0) is 4.79 Å². The van der Waals surface area contributed by atoms with Crippen molar-refractivity contribution in [2.75, 3.05) is 37.6 Å². The van der Waals surface area contributed by atoms with Crippen molar-refractivity contribution in [2.45, 2.75) is 50.4 Å². The molecule has 0 unspecified atom stereocenters. The van der Waals surface area contributed by atoms with Gasteiger partial charge in [-0.25, -0.2) is 4.98 Å². The lowest BCUT2D eigenvalue weighted by Gasteiger charge is -2.30. The van der Waals surface area contributed by atoms with E-state index in [2.05, 4.69) is 20.1 Å². The molecule has 3 aliphatic rings. The normalized spacial score (nSPS) is 22.5. The van der Waals surface area contributed by atoms with Crippen LogP contribution in [0.5, 0.6) is 5.75 Å². The summed E-state index contributed by atoms with van der Waals surface area (Å²) >= 11 is 6.46. The molecule has 2 aromatic rings. The number of nitrogens with one attached hydrogen (secondary N) is 1. The van der Waals surface area contributed by atoms with Gasteiger partial charge in [0.25, 0.3) is 0 Å². The Bertz CT molecular complexity index is 981. The highest BCUT2D eigenvalue weighted by atomic mass is 35.5. The van der Waals surface area contributed by atoms with Crippen LogP contribution < -0.4 is 15.0 Å². The molecule has 0 radical (unpaired) electrons. The number of pyridine rings is 1. The van der Waals surface area contributed by atoms with Gasteiger partial charge in [-0.2, -0.15) is 0 Å². The molecule has 3 fully saturated rings. The molecule has 1 amide bonds. The number of halogens is 1. The van der Waals surface area contributed by atoms with E-state index in [1.165, 1.54) is 0 Å². The first-order valence-electron chi connectivity index (χ1n) is 12.4. The van der Waals surface area contributed by atoms with Gasteiger partial charge in [-0.05, 0) is 75.0 Å². The van der Waals surface area contributed by atoms with Crippen LogP contribution in [0.4, 0.5) is 5.82 Å². The second-order valence-corrected chi connectivity index (χ2v) is 10.1. The average Bonchev–Trinajstić information content (AvgIpc) is 3.30. The molecular formula is C26H33ClN4O3. The molecule has 2 saturated heterocycles. The number of likely N-dealkylation sites (tertiary alicyclic amines) is 1. The van der Waals surface area contributed by atoms with Crippen molar-refractivity contribution in [3.8, 4) is 5.75 Å². The number of anilines is 1. The van der Waals surface area contributed by atoms with Crippen LogP contribution in [0, 0.1) is 5.92 Å². The zero-order valence-corrected chi connectivity index (χ0v) is 20.2. The average molecular weight is 485 g/mol. The number of ether oxygens (including phenoxy) is 1. The SMILES string of the molecule is O=C(N[C@H](CN1CCCC1)[C@H](O)c1ccc(OC2CC2)c(Cl)c1)[C@@H]1CCN(c2ccccn2)C1. The molecule has 3 heterocycles. The largest absolute Gasteiger partial charge is 0.489 e. The minimum atomic E-state index is -0.856. The van der Waals surface area contributed by atoms with E-state index in [4.69, 9.17) is 16.3 Å². The van der Waals surface area contributed by atoms with Gasteiger partial charge < -0.3 is 25.0 Å². The van der Waals surface area contributed by atoms with Crippen molar-refractivity contribution >= 4 is 23.3 Å². The maximum atomic E-state index is 13.3. The fraction of sp³-hybridized carbons (Fsp3) is 0.538. The molecule has 34 heavy (non-hydrogen) atoms. The highest BCUT2D eigenvalue weighted by Crippen LogP contribution is 2.34. The molecule has 1 saturated carbocycles. The van der Waals surface area contributed by atoms with Gasteiger partial charge in [-0.15, -0.1) is 0 Å². The van der Waals surface area contributed by atoms with Crippen LogP contribution in [0.3, 0.4) is 0 Å². The summed E-state index contributed by atoms with van der Waals surface area (Å²) in [5, 5.41) is 15.0. The molecule has 0 spiro atoms. The summed E-state index contributed by atoms with van der Waals surface area (Å²) in [7, 11) is 0. The molecule has 0 bridgehead atoms. The Morgan fingerprint density at radius 2 is 2.00 bits per heavy atom. The monoisotopic (exact) mass is 484 g/mol. The lowest BCUT2D eigenvalue weighted by molar-refractivity contribution is -0.126. The second-order valence-electron chi connectivity index (χ2n) is 9.69. The van der Waals surface area contributed by atoms with Crippen molar-refractivity contribution in [1.82, 2.24) is 15.2 Å². The van der Waals surface area contributed by atoms with E-state index in [1.54, 1.807) is 12.3 Å². The van der Waals surface area contributed by atoms with Gasteiger partial charge in [0.1, 0.15) is 17.7 Å². The first-order valence-corrected chi connectivity index (χ1v) is 12.8. The number of hydrogen-bond acceptors (Lipinski definition) is 6. The third-order valence-corrected chi connectivity index (χ3v) is 7.31. The van der Waals surface area contributed by atoms with Crippen LogP contribution in [-0.4, -0.2) is 65.8 Å². The van der Waals surface area contributed by atoms with Gasteiger partial charge in [-0.3, -0.25) is 4.79 Å². The molecule has 1 aromatic carbocycles. The van der Waals surface area contributed by atoms with E-state index in [9.17, 15) is 9.90 Å². The number of aromatic nitrogens is 1. The predicted octanol–water partition coefficient (Wildman–Crippen LogP) is 3.42. The van der Waals surface area contributed by atoms with Crippen molar-refractivity contribution < 1.29 is 14.6 Å². The van der Waals surface area contributed by atoms with Crippen molar-refractivity contribution in [1.29, 1.82) is 0 Å². The summed E-state index contributed by atoms with van der Waals surface area (Å²) in [5.41, 5.74) is 0.694. The fourth-order valence-electron chi connectivity index (χ4n) is 4.89. The second kappa shape index (κ2) is 10.5. The number of nitrogens with zero attached hydrogens (tertiary/aromatic N) is 3. The highest BCUT2D eigenvalue weighted by Gasteiger charge is 2.33. The number of benzene rings is 1. The van der Waals surface area contributed by atoms with Gasteiger partial charge >= 0.3 is 0 Å². The lowest BCUT2D eigenvalue weighted by atomic mass is 10.00. The Hall–Kier alpha value is -2.35. The Morgan fingerprint density at radius 1 is 1.18 bits per heavy atom. The number of carbonyl (C=O) groups excluding carboxylic acids is 1. The summed E-state index contributed by atoms with van der Waals surface area (Å²) in [5.74, 6) is 1.41. The van der Waals surface area contributed by atoms with E-state index in [0.717, 1.165) is 57.6 Å². The number of aliphatic hydroxyl groups is 1. The van der Waals surface area contributed by atoms with Crippen LogP contribution >= 0.6 is 11.6 Å². The summed E-state index contributed by atoms with van der Waals surface area (Å²) < 4.78 is 5.84. The Balaban J connectivity index is 1.26. The summed E-state index contributed by atoms with van der Waals surface area (Å²) in [6.07, 6.45) is 6.37. The van der Waals surface area contributed by atoms with Crippen molar-refractivity contribution in [3.63, 3.8) is 0 Å². The quantitative estimate of drug-likeness (QED) is 0.568. The molecule has 1 aromatic heterocycles. The molecule has 5 rings (SSSR count). The molecule has 1 aliphatic carbocycles. The minimum Gasteiger partial charge on any atom is -0.489 e. The zero-order valence-electron chi connectivity index (χ0n) is 19.4. The Morgan fingerprint density at radius 3 is 2.71 bits per heavy atom. The topological polar surface area (TPSA) is 77.9 Å². The number of carbonyl (C=O) groups is 1. The smallest absolute Gasteiger partial charge is 0.225 e. The summed E-state index contributed by atoms with van der Waals surface area (Å²) in [4.78, 5) is 22.1. The van der Waals surface area contributed by atoms with E-state index in [0.29, 0.717) is 29.4 Å². The molecule has 2 aliphatic heterocycles. The van der Waals surface area contributed by atoms with Crippen molar-refractivity contribution in [3.05, 3.63) is 53.2 Å². The molecule has 8 heteroatoms. The van der Waals surface area contributed by atoms with Gasteiger partial charge in [0.15, 0.2) is 0 Å². The van der Waals surface area contributed by atoms with Crippen LogP contribution in [0.1, 0.15) is 43.8 Å². The fourth-order valence-corrected chi connectivity index (χ4v) is 5.12. The van der Waals surface area contributed by atoms with Crippen LogP contribution in [0.15, 0.2) is 42.6 Å². The van der Waals surface area contributed by atoms with Gasteiger partial charge in [0.05, 0.1) is 23.1 Å². The zero-order chi connectivity index (χ0) is 23.5. The molecule has 3 atom stereocenters. The number of aliphatic hydroxyl groups excluding tert-OH is 1. The number of amides is 1. The van der Waals surface area contributed by atoms with E-state index in [1.807, 2.05) is 30.3 Å². The summed E-state index contributed by atoms with van der Waals surface area (Å²) in [6, 6.07) is 10.9. The standard InChI is InChI=1S/C26H33ClN4O3/c27-21-15-18(6-9-23(21)34-20-7-8-20)25(32)22(17-30-12-3-4-13-30)29-26(33)19-10-14-31(16-19)24-5-1-2-11-28-24/h1-2,5-6,9,11,15,19-20,22,25,32H,3-4,7-8,10,12-14,16-17H2,(H,29,33)/t19-,22-,25-/m1/s1. The number of rotatable bonds is 9. The Kier molecular flexibility index (Phi) is 7.23. The molecule has 182 valence electrons. The van der Waals surface area contributed by atoms with E-state index < -0.39 is 12.1 Å². The molecule has 7 nitrogen and oxygen atoms in total. The van der Waals surface area contributed by atoms with Gasteiger partial charge in [-0.1, -0.05) is 23.7 Å². The molecule has 2 N–H and O–H groups in total. The molecular weight excluding hydrogens is 452 g/mol. The highest BCUT2D eigenvalue weighted by molar-refractivity contribution is 6.32. The first-order chi connectivity index (χ1) is 16.6. The summed E-state index contributed by atoms with van der Waals surface area (Å²) in [6.45, 7) is 4.03. The first kappa shape index (κ1) is 23.4. The maximum absolute atomic E-state index is 13.3. The predicted molar refractivity (Wildman–Crippen MR) is 132 cm³/mol. The third kappa shape index (κ3) is 5.65. The third-order valence-electron chi connectivity index (χ3n) is 7.01. The van der Waals surface area contributed by atoms with Crippen molar-refractivity contribution in [2.24, 2.45) is 5.92 Å². The number of hydrogen-bond donors (Lipinski definition) is 2. The van der Waals surface area contributed by atoms with Crippen LogP contribution in [0.2, 0.25) is 5.02 Å². The van der Waals surface area contributed by atoms with Gasteiger partial charge in [0.2, 0.25) is 5.91 Å². The Labute approximate surface area is 206 Å². The minimum absolute atomic E-state index is 0.0125.